The second kappa shape index (κ2) is 7.16. The Morgan fingerprint density at radius 1 is 0.700 bits per heavy atom. The third-order valence-corrected chi connectivity index (χ3v) is 0.609. The van der Waals surface area contributed by atoms with Gasteiger partial charge in [-0.15, -0.1) is 12.8 Å². The second-order valence-corrected chi connectivity index (χ2v) is 1.29. The molecule has 0 bridgehead atoms. The Labute approximate surface area is 61.6 Å². The predicted molar refractivity (Wildman–Crippen MR) is 43.7 cm³/mol. The van der Waals surface area contributed by atoms with Gasteiger partial charge in [0.1, 0.15) is 0 Å². The summed E-state index contributed by atoms with van der Waals surface area (Å²) in [6.45, 7) is 0. The Morgan fingerprint density at radius 3 is 1.40 bits per heavy atom. The quantitative estimate of drug-likeness (QED) is 0.430. The summed E-state index contributed by atoms with van der Waals surface area (Å²) in [4.78, 5) is 0. The lowest BCUT2D eigenvalue weighted by Crippen LogP contribution is -1.50. The van der Waals surface area contributed by atoms with E-state index >= 15 is 0 Å². The lowest BCUT2D eigenvalue weighted by Gasteiger charge is -1.62. The SMILES string of the molecule is C#C/C=C/C#C/C=C/C#C. The fraction of sp³-hybridized carbons (Fsp3) is 0. The number of allylic oxidation sites excluding steroid dienone is 4. The van der Waals surface area contributed by atoms with Gasteiger partial charge in [-0.3, -0.25) is 0 Å². The summed E-state index contributed by atoms with van der Waals surface area (Å²) < 4.78 is 0. The van der Waals surface area contributed by atoms with Crippen LogP contribution in [0.3, 0.4) is 0 Å². The zero-order chi connectivity index (χ0) is 7.66. The third-order valence-electron chi connectivity index (χ3n) is 0.609. The van der Waals surface area contributed by atoms with E-state index in [9.17, 15) is 0 Å². The molecular formula is C10H6. The Bertz CT molecular complexity index is 238. The maximum Gasteiger partial charge on any atom is -0.00318 e. The first-order valence-electron chi connectivity index (χ1n) is 2.65. The van der Waals surface area contributed by atoms with Crippen LogP contribution in [0.25, 0.3) is 0 Å². The fourth-order valence-corrected chi connectivity index (χ4v) is 0.276. The van der Waals surface area contributed by atoms with Crippen LogP contribution in [-0.2, 0) is 0 Å². The highest BCUT2D eigenvalue weighted by atomic mass is 13.6. The maximum absolute atomic E-state index is 4.91. The zero-order valence-electron chi connectivity index (χ0n) is 5.46. The molecule has 0 heterocycles. The highest BCUT2D eigenvalue weighted by Gasteiger charge is 1.55. The third kappa shape index (κ3) is 6.16. The van der Waals surface area contributed by atoms with Crippen LogP contribution in [0.1, 0.15) is 0 Å². The molecule has 0 fully saturated rings. The molecule has 0 saturated carbocycles. The second-order valence-electron chi connectivity index (χ2n) is 1.29. The summed E-state index contributed by atoms with van der Waals surface area (Å²) in [5.74, 6) is 9.95. The van der Waals surface area contributed by atoms with E-state index < -0.39 is 0 Å². The van der Waals surface area contributed by atoms with E-state index in [1.165, 1.54) is 12.2 Å². The van der Waals surface area contributed by atoms with Gasteiger partial charge in [0.05, 0.1) is 0 Å². The number of hydrogen-bond donors (Lipinski definition) is 0. The number of terminal acetylenes is 2. The molecular weight excluding hydrogens is 120 g/mol. The smallest absolute Gasteiger partial charge is 0.00318 e. The average molecular weight is 126 g/mol. The molecule has 0 unspecified atom stereocenters. The van der Waals surface area contributed by atoms with Gasteiger partial charge in [0.15, 0.2) is 0 Å². The Balaban J connectivity index is 3.76. The normalized spacial score (nSPS) is 8.20. The van der Waals surface area contributed by atoms with Crippen LogP contribution in [0, 0.1) is 36.5 Å². The summed E-state index contributed by atoms with van der Waals surface area (Å²) in [6, 6.07) is 0. The van der Waals surface area contributed by atoms with Crippen molar-refractivity contribution in [1.29, 1.82) is 0 Å². The summed E-state index contributed by atoms with van der Waals surface area (Å²) in [6.07, 6.45) is 16.0. The van der Waals surface area contributed by atoms with Crippen LogP contribution in [0.2, 0.25) is 0 Å². The first kappa shape index (κ1) is 8.16. The molecule has 0 spiro atoms. The van der Waals surface area contributed by atoms with Gasteiger partial charge >= 0.3 is 0 Å². The van der Waals surface area contributed by atoms with E-state index in [2.05, 4.69) is 23.7 Å². The Kier molecular flexibility index (Phi) is 5.84. The highest BCUT2D eigenvalue weighted by molar-refractivity contribution is 5.29. The molecule has 0 saturated heterocycles. The molecule has 0 aromatic heterocycles. The van der Waals surface area contributed by atoms with Gasteiger partial charge < -0.3 is 0 Å². The van der Waals surface area contributed by atoms with Crippen molar-refractivity contribution in [3.8, 4) is 36.5 Å². The first-order valence-corrected chi connectivity index (χ1v) is 2.65. The van der Waals surface area contributed by atoms with Crippen LogP contribution >= 0.6 is 0 Å². The van der Waals surface area contributed by atoms with Gasteiger partial charge in [0.25, 0.3) is 0 Å². The summed E-state index contributed by atoms with van der Waals surface area (Å²) in [5, 5.41) is 0. The van der Waals surface area contributed by atoms with E-state index in [0.29, 0.717) is 0 Å². The molecule has 0 amide bonds. The maximum atomic E-state index is 4.91. The first-order chi connectivity index (χ1) is 4.91. The summed E-state index contributed by atoms with van der Waals surface area (Å²) >= 11 is 0. The fourth-order valence-electron chi connectivity index (χ4n) is 0.276. The average Bonchev–Trinajstić information content (AvgIpc) is 1.97. The molecule has 0 rings (SSSR count). The number of rotatable bonds is 0. The molecule has 0 nitrogen and oxygen atoms in total. The van der Waals surface area contributed by atoms with Crippen molar-refractivity contribution < 1.29 is 0 Å². The van der Waals surface area contributed by atoms with E-state index in [4.69, 9.17) is 12.8 Å². The van der Waals surface area contributed by atoms with Crippen molar-refractivity contribution in [1.82, 2.24) is 0 Å². The standard InChI is InChI=1S/C10H6/c1-3-5-7-9-10-8-6-4-2/h1-2,5-8H/b7-5+,8-6+. The predicted octanol–water partition coefficient (Wildman–Crippen LogP) is 1.37. The van der Waals surface area contributed by atoms with E-state index in [1.54, 1.807) is 12.2 Å². The molecule has 0 aliphatic carbocycles. The molecule has 0 radical (unpaired) electrons. The van der Waals surface area contributed by atoms with Crippen molar-refractivity contribution in [2.24, 2.45) is 0 Å². The van der Waals surface area contributed by atoms with Gasteiger partial charge in [0.2, 0.25) is 0 Å². The van der Waals surface area contributed by atoms with Gasteiger partial charge in [0, 0.05) is 0 Å². The molecule has 46 valence electrons. The summed E-state index contributed by atoms with van der Waals surface area (Å²) in [5.41, 5.74) is 0. The molecule has 0 aromatic carbocycles. The Hall–Kier alpha value is -1.84. The van der Waals surface area contributed by atoms with Crippen LogP contribution in [0.4, 0.5) is 0 Å². The van der Waals surface area contributed by atoms with E-state index in [-0.39, 0.29) is 0 Å². The topological polar surface area (TPSA) is 0 Å². The van der Waals surface area contributed by atoms with Crippen LogP contribution in [-0.4, -0.2) is 0 Å². The minimum atomic E-state index is 1.52. The van der Waals surface area contributed by atoms with Gasteiger partial charge in [-0.2, -0.15) is 0 Å². The minimum Gasteiger partial charge on any atom is -0.115 e. The summed E-state index contributed by atoms with van der Waals surface area (Å²) in [7, 11) is 0. The molecule has 0 aromatic rings. The van der Waals surface area contributed by atoms with Crippen molar-refractivity contribution >= 4 is 0 Å². The van der Waals surface area contributed by atoms with Crippen LogP contribution in [0.5, 0.6) is 0 Å². The number of hydrogen-bond acceptors (Lipinski definition) is 0. The van der Waals surface area contributed by atoms with E-state index in [1.807, 2.05) is 0 Å². The van der Waals surface area contributed by atoms with Gasteiger partial charge in [-0.25, -0.2) is 0 Å². The molecule has 0 atom stereocenters. The molecule has 0 heteroatoms. The van der Waals surface area contributed by atoms with Crippen molar-refractivity contribution in [3.05, 3.63) is 24.3 Å². The van der Waals surface area contributed by atoms with Crippen molar-refractivity contribution in [2.75, 3.05) is 0 Å². The largest absolute Gasteiger partial charge is 0.115 e. The zero-order valence-corrected chi connectivity index (χ0v) is 5.46. The van der Waals surface area contributed by atoms with Gasteiger partial charge in [-0.05, 0) is 24.3 Å². The molecule has 0 aliphatic rings. The monoisotopic (exact) mass is 126 g/mol. The van der Waals surface area contributed by atoms with E-state index in [0.717, 1.165) is 0 Å². The van der Waals surface area contributed by atoms with Crippen LogP contribution in [0.15, 0.2) is 24.3 Å². The van der Waals surface area contributed by atoms with Gasteiger partial charge in [-0.1, -0.05) is 23.7 Å². The highest BCUT2D eigenvalue weighted by Crippen LogP contribution is 1.68. The lowest BCUT2D eigenvalue weighted by molar-refractivity contribution is 2.08. The van der Waals surface area contributed by atoms with Crippen molar-refractivity contribution in [3.63, 3.8) is 0 Å². The van der Waals surface area contributed by atoms with Crippen molar-refractivity contribution in [2.45, 2.75) is 0 Å². The minimum absolute atomic E-state index is 1.52. The Morgan fingerprint density at radius 2 is 1.10 bits per heavy atom. The molecule has 10 heavy (non-hydrogen) atoms. The molecule has 0 N–H and O–H groups in total. The van der Waals surface area contributed by atoms with Crippen LogP contribution < -0.4 is 0 Å². The lowest BCUT2D eigenvalue weighted by atomic mass is 10.4. The molecule has 0 aliphatic heterocycles.